The minimum absolute atomic E-state index is 0.0356. The number of aliphatic hydroxyl groups excluding tert-OH is 4. The Labute approximate surface area is 266 Å². The first-order valence-corrected chi connectivity index (χ1v) is 16.5. The van der Waals surface area contributed by atoms with Gasteiger partial charge in [-0.3, -0.25) is 14.9 Å². The van der Waals surface area contributed by atoms with Gasteiger partial charge in [0.05, 0.1) is 25.6 Å². The van der Waals surface area contributed by atoms with Crippen molar-refractivity contribution in [3.63, 3.8) is 0 Å². The number of alkyl carbamates (subject to hydrolysis) is 1. The molecule has 0 aromatic heterocycles. The lowest BCUT2D eigenvalue weighted by Gasteiger charge is -2.39. The van der Waals surface area contributed by atoms with Crippen molar-refractivity contribution in [2.75, 3.05) is 31.3 Å². The van der Waals surface area contributed by atoms with Crippen LogP contribution in [0, 0.1) is 5.92 Å². The number of nitrogens with one attached hydrogen (secondary N) is 1. The van der Waals surface area contributed by atoms with Gasteiger partial charge >= 0.3 is 12.1 Å². The summed E-state index contributed by atoms with van der Waals surface area (Å²) in [7, 11) is 2.74. The molecule has 1 aliphatic rings. The first kappa shape index (κ1) is 35.4. The second kappa shape index (κ2) is 18.0. The van der Waals surface area contributed by atoms with Crippen LogP contribution in [-0.4, -0.2) is 94.3 Å². The zero-order chi connectivity index (χ0) is 31.4. The van der Waals surface area contributed by atoms with Crippen LogP contribution in [0.3, 0.4) is 0 Å². The predicted octanol–water partition coefficient (Wildman–Crippen LogP) is 2.74. The third-order valence-electron chi connectivity index (χ3n) is 6.48. The van der Waals surface area contributed by atoms with Gasteiger partial charge in [0, 0.05) is 33.9 Å². The van der Waals surface area contributed by atoms with Gasteiger partial charge in [0.25, 0.3) is 0 Å². The average Bonchev–Trinajstić information content (AvgIpc) is 2.97. The average molecular weight is 679 g/mol. The van der Waals surface area contributed by atoms with E-state index in [4.69, 9.17) is 42.5 Å². The molecule has 5 N–H and O–H groups in total. The Bertz CT molecular complexity index is 1220. The summed E-state index contributed by atoms with van der Waals surface area (Å²) in [6.07, 6.45) is -6.42. The maximum atomic E-state index is 12.5. The molecule has 2 aromatic rings. The number of aliphatic hydroxyl groups is 4. The molecule has 2 amide bonds. The first-order chi connectivity index (χ1) is 20.6. The number of esters is 1. The SMILES string of the molecule is O=C(Cc1ccccc1Cc1c(Cl)cccc1Cl)NC(=O)OCCSSCCOC(=O)CC1C(O)OC(CO)C(O)C1O. The van der Waals surface area contributed by atoms with E-state index >= 15 is 0 Å². The summed E-state index contributed by atoms with van der Waals surface area (Å²) in [6, 6.07) is 12.6. The Hall–Kier alpha value is -2.07. The third-order valence-corrected chi connectivity index (χ3v) is 9.53. The molecule has 0 radical (unpaired) electrons. The van der Waals surface area contributed by atoms with Crippen molar-refractivity contribution in [1.29, 1.82) is 0 Å². The normalized spacial score (nSPS) is 21.7. The molecule has 5 unspecified atom stereocenters. The molecule has 1 saturated heterocycles. The van der Waals surface area contributed by atoms with Gasteiger partial charge in [-0.15, -0.1) is 0 Å². The molecular formula is C28H33Cl2NO10S2. The Morgan fingerprint density at radius 3 is 2.16 bits per heavy atom. The molecule has 5 atom stereocenters. The first-order valence-electron chi connectivity index (χ1n) is 13.3. The number of halogens is 2. The Morgan fingerprint density at radius 1 is 0.884 bits per heavy atom. The smallest absolute Gasteiger partial charge is 0.413 e. The maximum absolute atomic E-state index is 12.5. The predicted molar refractivity (Wildman–Crippen MR) is 163 cm³/mol. The van der Waals surface area contributed by atoms with E-state index in [1.807, 2.05) is 12.1 Å². The number of benzene rings is 2. The topological polar surface area (TPSA) is 172 Å². The second-order valence-corrected chi connectivity index (χ2v) is 13.0. The van der Waals surface area contributed by atoms with Crippen molar-refractivity contribution >= 4 is 62.8 Å². The Kier molecular flexibility index (Phi) is 14.8. The van der Waals surface area contributed by atoms with Crippen molar-refractivity contribution < 1.29 is 49.0 Å². The van der Waals surface area contributed by atoms with E-state index in [1.54, 1.807) is 30.3 Å². The standard InChI is InChI=1S/C28H33Cl2NO10S2/c29-20-6-3-7-21(30)18(20)12-16-4-1-2-5-17(16)13-23(33)31-28(38)40-9-11-43-42-10-8-39-24(34)14-19-25(35)26(36)22(15-32)41-27(19)37/h1-7,19,22,25-27,32,35-37H,8-15H2,(H,31,33,38). The molecule has 0 spiro atoms. The fraction of sp³-hybridized carbons (Fsp3) is 0.464. The Morgan fingerprint density at radius 2 is 1.51 bits per heavy atom. The molecule has 11 nitrogen and oxygen atoms in total. The molecule has 0 aliphatic carbocycles. The lowest BCUT2D eigenvalue weighted by Crippen LogP contribution is -2.56. The minimum Gasteiger partial charge on any atom is -0.465 e. The molecule has 1 fully saturated rings. The number of rotatable bonds is 14. The van der Waals surface area contributed by atoms with Crippen LogP contribution in [0.1, 0.15) is 23.1 Å². The molecule has 0 bridgehead atoms. The fourth-order valence-corrected chi connectivity index (χ4v) is 6.45. The highest BCUT2D eigenvalue weighted by Gasteiger charge is 2.44. The van der Waals surface area contributed by atoms with Gasteiger partial charge < -0.3 is 34.6 Å². The van der Waals surface area contributed by atoms with Crippen LogP contribution in [0.5, 0.6) is 0 Å². The monoisotopic (exact) mass is 677 g/mol. The van der Waals surface area contributed by atoms with Crippen molar-refractivity contribution in [2.24, 2.45) is 5.92 Å². The molecule has 236 valence electrons. The van der Waals surface area contributed by atoms with Gasteiger partial charge in [-0.05, 0) is 28.8 Å². The van der Waals surface area contributed by atoms with Crippen LogP contribution in [0.15, 0.2) is 42.5 Å². The van der Waals surface area contributed by atoms with Crippen LogP contribution in [0.2, 0.25) is 10.0 Å². The molecule has 1 heterocycles. The van der Waals surface area contributed by atoms with Gasteiger partial charge in [-0.2, -0.15) is 0 Å². The van der Waals surface area contributed by atoms with Gasteiger partial charge in [0.15, 0.2) is 6.29 Å². The summed E-state index contributed by atoms with van der Waals surface area (Å²) in [4.78, 5) is 36.6. The largest absolute Gasteiger partial charge is 0.465 e. The minimum atomic E-state index is -1.53. The fourth-order valence-electron chi connectivity index (χ4n) is 4.26. The van der Waals surface area contributed by atoms with E-state index in [1.165, 1.54) is 21.6 Å². The van der Waals surface area contributed by atoms with E-state index in [0.717, 1.165) is 16.7 Å². The van der Waals surface area contributed by atoms with Crippen LogP contribution >= 0.6 is 44.8 Å². The quantitative estimate of drug-likeness (QED) is 0.113. The number of carbonyl (C=O) groups is 3. The summed E-state index contributed by atoms with van der Waals surface area (Å²) < 4.78 is 15.2. The lowest BCUT2D eigenvalue weighted by molar-refractivity contribution is -0.271. The van der Waals surface area contributed by atoms with Crippen LogP contribution < -0.4 is 5.32 Å². The Balaban J connectivity index is 1.28. The second-order valence-electron chi connectivity index (χ2n) is 9.47. The summed E-state index contributed by atoms with van der Waals surface area (Å²) in [5.41, 5.74) is 2.33. The molecule has 3 rings (SSSR count). The summed E-state index contributed by atoms with van der Waals surface area (Å²) in [5.74, 6) is -1.46. The highest BCUT2D eigenvalue weighted by atomic mass is 35.5. The van der Waals surface area contributed by atoms with Crippen LogP contribution in [0.4, 0.5) is 4.79 Å². The maximum Gasteiger partial charge on any atom is 0.413 e. The number of imide groups is 1. The van der Waals surface area contributed by atoms with Crippen molar-refractivity contribution in [2.45, 2.75) is 43.9 Å². The number of hydrogen-bond acceptors (Lipinski definition) is 12. The van der Waals surface area contributed by atoms with Crippen LogP contribution in [-0.2, 0) is 36.6 Å². The molecular weight excluding hydrogens is 645 g/mol. The highest BCUT2D eigenvalue weighted by Crippen LogP contribution is 2.29. The number of amides is 2. The van der Waals surface area contributed by atoms with E-state index in [0.29, 0.717) is 28.0 Å². The van der Waals surface area contributed by atoms with Gasteiger partial charge in [-0.25, -0.2) is 4.79 Å². The van der Waals surface area contributed by atoms with Gasteiger partial charge in [0.2, 0.25) is 5.91 Å². The molecule has 2 aromatic carbocycles. The third kappa shape index (κ3) is 11.1. The lowest BCUT2D eigenvalue weighted by atomic mass is 9.88. The van der Waals surface area contributed by atoms with Crippen molar-refractivity contribution in [1.82, 2.24) is 5.32 Å². The van der Waals surface area contributed by atoms with Crippen molar-refractivity contribution in [3.8, 4) is 0 Å². The molecule has 43 heavy (non-hydrogen) atoms. The molecule has 1 aliphatic heterocycles. The van der Waals surface area contributed by atoms with Crippen molar-refractivity contribution in [3.05, 3.63) is 69.2 Å². The summed E-state index contributed by atoms with van der Waals surface area (Å²) >= 11 is 12.6. The molecule has 15 heteroatoms. The zero-order valence-corrected chi connectivity index (χ0v) is 26.0. The highest BCUT2D eigenvalue weighted by molar-refractivity contribution is 8.76. The molecule has 0 saturated carbocycles. The zero-order valence-electron chi connectivity index (χ0n) is 22.9. The number of carbonyl (C=O) groups excluding carboxylic acids is 3. The van der Waals surface area contributed by atoms with Gasteiger partial charge in [0.1, 0.15) is 25.4 Å². The van der Waals surface area contributed by atoms with E-state index < -0.39 is 55.1 Å². The number of ether oxygens (including phenoxy) is 3. The summed E-state index contributed by atoms with van der Waals surface area (Å²) in [5, 5.41) is 42.3. The van der Waals surface area contributed by atoms with E-state index in [2.05, 4.69) is 5.32 Å². The van der Waals surface area contributed by atoms with E-state index in [9.17, 15) is 29.7 Å². The number of hydrogen-bond donors (Lipinski definition) is 5. The van der Waals surface area contributed by atoms with E-state index in [-0.39, 0.29) is 26.1 Å². The summed E-state index contributed by atoms with van der Waals surface area (Å²) in [6.45, 7) is -0.489. The van der Waals surface area contributed by atoms with Crippen LogP contribution in [0.25, 0.3) is 0 Å². The van der Waals surface area contributed by atoms with Gasteiger partial charge in [-0.1, -0.05) is 75.1 Å².